The topological polar surface area (TPSA) is 57.3 Å². The number of fused-ring (bicyclic) bond motifs is 1. The Hall–Kier alpha value is -3.54. The van der Waals surface area contributed by atoms with Crippen LogP contribution in [0.25, 0.3) is 22.2 Å². The van der Waals surface area contributed by atoms with Crippen LogP contribution < -0.4 is 10.6 Å². The van der Waals surface area contributed by atoms with Crippen LogP contribution in [-0.2, 0) is 17.8 Å². The molecule has 0 bridgehead atoms. The first-order valence-electron chi connectivity index (χ1n) is 13.0. The molecule has 1 atom stereocenters. The molecule has 5 nitrogen and oxygen atoms in total. The minimum atomic E-state index is -0.00276. The highest BCUT2D eigenvalue weighted by molar-refractivity contribution is 5.92. The van der Waals surface area contributed by atoms with E-state index in [1.165, 1.54) is 0 Å². The van der Waals surface area contributed by atoms with Gasteiger partial charge in [0.1, 0.15) is 0 Å². The summed E-state index contributed by atoms with van der Waals surface area (Å²) in [6.07, 6.45) is 1.17. The van der Waals surface area contributed by atoms with Crippen molar-refractivity contribution >= 4 is 16.8 Å². The number of nitrogens with one attached hydrogen (secondary N) is 2. The second-order valence-corrected chi connectivity index (χ2v) is 9.44. The molecule has 1 aliphatic rings. The number of hydrogen-bond donors (Lipinski definition) is 2. The number of benzene rings is 3. The van der Waals surface area contributed by atoms with E-state index in [0.29, 0.717) is 6.42 Å². The summed E-state index contributed by atoms with van der Waals surface area (Å²) in [6, 6.07) is 28.8. The molecule has 3 aromatic carbocycles. The molecule has 1 aromatic heterocycles. The molecule has 0 spiro atoms. The molecule has 1 saturated heterocycles. The number of carbonyl (C=O) groups excluding carboxylic acids is 1. The van der Waals surface area contributed by atoms with Gasteiger partial charge < -0.3 is 10.6 Å². The molecule has 2 N–H and O–H groups in total. The van der Waals surface area contributed by atoms with E-state index in [4.69, 9.17) is 4.98 Å². The van der Waals surface area contributed by atoms with Gasteiger partial charge in [-0.15, -0.1) is 0 Å². The van der Waals surface area contributed by atoms with Crippen molar-refractivity contribution in [2.75, 3.05) is 26.2 Å². The van der Waals surface area contributed by atoms with Gasteiger partial charge in [-0.2, -0.15) is 0 Å². The number of pyridine rings is 1. The first kappa shape index (κ1) is 24.2. The van der Waals surface area contributed by atoms with Gasteiger partial charge in [0.2, 0.25) is 5.91 Å². The van der Waals surface area contributed by atoms with E-state index < -0.39 is 0 Å². The van der Waals surface area contributed by atoms with Crippen molar-refractivity contribution < 1.29 is 4.79 Å². The monoisotopic (exact) mass is 478 g/mol. The Balaban J connectivity index is 1.56. The normalized spacial score (nSPS) is 15.0. The van der Waals surface area contributed by atoms with E-state index in [2.05, 4.69) is 71.0 Å². The smallest absolute Gasteiger partial charge is 0.224 e. The Morgan fingerprint density at radius 1 is 0.917 bits per heavy atom. The molecule has 0 radical (unpaired) electrons. The summed E-state index contributed by atoms with van der Waals surface area (Å²) in [7, 11) is 0. The lowest BCUT2D eigenvalue weighted by Gasteiger charge is -2.29. The van der Waals surface area contributed by atoms with E-state index in [-0.39, 0.29) is 11.9 Å². The average Bonchev–Trinajstić information content (AvgIpc) is 2.94. The highest BCUT2D eigenvalue weighted by atomic mass is 16.1. The van der Waals surface area contributed by atoms with Crippen LogP contribution in [0.3, 0.4) is 0 Å². The van der Waals surface area contributed by atoms with Crippen molar-refractivity contribution in [2.24, 2.45) is 0 Å². The van der Waals surface area contributed by atoms with Crippen molar-refractivity contribution in [2.45, 2.75) is 32.4 Å². The summed E-state index contributed by atoms with van der Waals surface area (Å²) in [5.74, 6) is 0.0441. The number of carbonyl (C=O) groups is 1. The quantitative estimate of drug-likeness (QED) is 0.369. The third kappa shape index (κ3) is 5.48. The SMILES string of the molecule is CC[C@H](NC(=O)Cc1c(CN2CCNCC2)c(-c2ccccc2)nc2ccccc12)c1ccccc1. The van der Waals surface area contributed by atoms with Crippen LogP contribution in [-0.4, -0.2) is 42.0 Å². The fourth-order valence-corrected chi connectivity index (χ4v) is 5.13. The maximum Gasteiger partial charge on any atom is 0.224 e. The lowest BCUT2D eigenvalue weighted by atomic mass is 9.93. The first-order valence-corrected chi connectivity index (χ1v) is 13.0. The predicted molar refractivity (Wildman–Crippen MR) is 147 cm³/mol. The van der Waals surface area contributed by atoms with E-state index in [1.54, 1.807) is 0 Å². The van der Waals surface area contributed by atoms with Crippen molar-refractivity contribution in [3.05, 3.63) is 102 Å². The van der Waals surface area contributed by atoms with Crippen LogP contribution in [0.1, 0.15) is 36.1 Å². The number of aromatic nitrogens is 1. The molecule has 184 valence electrons. The largest absolute Gasteiger partial charge is 0.349 e. The summed E-state index contributed by atoms with van der Waals surface area (Å²) in [4.78, 5) is 21.1. The third-order valence-electron chi connectivity index (χ3n) is 7.03. The summed E-state index contributed by atoms with van der Waals surface area (Å²) < 4.78 is 0. The maximum atomic E-state index is 13.5. The standard InChI is InChI=1S/C31H34N4O/c1-2-28(23-11-5-3-6-12-23)33-30(36)21-26-25-15-9-10-16-29(25)34-31(24-13-7-4-8-14-24)27(26)22-35-19-17-32-18-20-35/h3-16,28,32H,2,17-22H2,1H3,(H,33,36)/t28-/m0/s1. The number of para-hydroxylation sites is 1. The second kappa shape index (κ2) is 11.5. The molecular weight excluding hydrogens is 444 g/mol. The molecule has 1 aliphatic heterocycles. The van der Waals surface area contributed by atoms with Crippen molar-refractivity contribution in [3.63, 3.8) is 0 Å². The highest BCUT2D eigenvalue weighted by Gasteiger charge is 2.22. The van der Waals surface area contributed by atoms with Gasteiger partial charge >= 0.3 is 0 Å². The Kier molecular flexibility index (Phi) is 7.70. The fourth-order valence-electron chi connectivity index (χ4n) is 5.13. The van der Waals surface area contributed by atoms with Crippen molar-refractivity contribution in [3.8, 4) is 11.3 Å². The lowest BCUT2D eigenvalue weighted by molar-refractivity contribution is -0.121. The van der Waals surface area contributed by atoms with Gasteiger partial charge in [0.25, 0.3) is 0 Å². The zero-order chi connectivity index (χ0) is 24.7. The van der Waals surface area contributed by atoms with Gasteiger partial charge in [0.05, 0.1) is 23.7 Å². The van der Waals surface area contributed by atoms with Crippen LogP contribution in [0, 0.1) is 0 Å². The molecule has 0 unspecified atom stereocenters. The van der Waals surface area contributed by atoms with Crippen molar-refractivity contribution in [1.82, 2.24) is 20.5 Å². The molecule has 0 aliphatic carbocycles. The van der Waals surface area contributed by atoms with E-state index in [0.717, 1.165) is 78.0 Å². The van der Waals surface area contributed by atoms with Gasteiger partial charge in [-0.1, -0.05) is 85.8 Å². The number of piperazine rings is 1. The van der Waals surface area contributed by atoms with E-state index >= 15 is 0 Å². The van der Waals surface area contributed by atoms with Gasteiger partial charge in [-0.25, -0.2) is 4.98 Å². The lowest BCUT2D eigenvalue weighted by Crippen LogP contribution is -2.43. The zero-order valence-electron chi connectivity index (χ0n) is 20.9. The van der Waals surface area contributed by atoms with Crippen LogP contribution in [0.5, 0.6) is 0 Å². The highest BCUT2D eigenvalue weighted by Crippen LogP contribution is 2.32. The van der Waals surface area contributed by atoms with Gasteiger partial charge in [0, 0.05) is 43.7 Å². The molecule has 5 heteroatoms. The zero-order valence-corrected chi connectivity index (χ0v) is 20.9. The van der Waals surface area contributed by atoms with Gasteiger partial charge in [-0.05, 0) is 29.2 Å². The fraction of sp³-hybridized carbons (Fsp3) is 0.290. The summed E-state index contributed by atoms with van der Waals surface area (Å²) >= 11 is 0. The minimum absolute atomic E-state index is 0.00276. The minimum Gasteiger partial charge on any atom is -0.349 e. The van der Waals surface area contributed by atoms with Crippen LogP contribution >= 0.6 is 0 Å². The average molecular weight is 479 g/mol. The van der Waals surface area contributed by atoms with Crippen molar-refractivity contribution in [1.29, 1.82) is 0 Å². The third-order valence-corrected chi connectivity index (χ3v) is 7.03. The molecule has 1 fully saturated rings. The van der Waals surface area contributed by atoms with Crippen LogP contribution in [0.2, 0.25) is 0 Å². The Morgan fingerprint density at radius 3 is 2.31 bits per heavy atom. The Morgan fingerprint density at radius 2 is 1.58 bits per heavy atom. The van der Waals surface area contributed by atoms with E-state index in [9.17, 15) is 4.79 Å². The van der Waals surface area contributed by atoms with Gasteiger partial charge in [-0.3, -0.25) is 9.69 Å². The summed E-state index contributed by atoms with van der Waals surface area (Å²) in [5, 5.41) is 7.81. The maximum absolute atomic E-state index is 13.5. The number of amides is 1. The first-order chi connectivity index (χ1) is 17.7. The molecule has 2 heterocycles. The molecule has 5 rings (SSSR count). The van der Waals surface area contributed by atoms with Crippen LogP contribution in [0.4, 0.5) is 0 Å². The number of hydrogen-bond acceptors (Lipinski definition) is 4. The second-order valence-electron chi connectivity index (χ2n) is 9.44. The molecule has 1 amide bonds. The van der Waals surface area contributed by atoms with E-state index in [1.807, 2.05) is 36.4 Å². The number of nitrogens with zero attached hydrogens (tertiary/aromatic N) is 2. The number of rotatable bonds is 8. The molecular formula is C31H34N4O. The molecule has 4 aromatic rings. The predicted octanol–water partition coefficient (Wildman–Crippen LogP) is 5.12. The van der Waals surface area contributed by atoms with Gasteiger partial charge in [0.15, 0.2) is 0 Å². The summed E-state index contributed by atoms with van der Waals surface area (Å²) in [6.45, 7) is 6.82. The Bertz CT molecular complexity index is 1300. The van der Waals surface area contributed by atoms with Crippen LogP contribution in [0.15, 0.2) is 84.9 Å². The molecule has 36 heavy (non-hydrogen) atoms. The summed E-state index contributed by atoms with van der Waals surface area (Å²) in [5.41, 5.74) is 6.37. The Labute approximate surface area is 213 Å². The molecule has 0 saturated carbocycles.